The minimum atomic E-state index is -0.771. The molecule has 0 spiro atoms. The fraction of sp³-hybridized carbons (Fsp3) is 0.0833. The summed E-state index contributed by atoms with van der Waals surface area (Å²) in [6, 6.07) is 6.64. The van der Waals surface area contributed by atoms with Crippen LogP contribution in [0.2, 0.25) is 5.02 Å². The quantitative estimate of drug-likeness (QED) is 0.360. The fourth-order valence-electron chi connectivity index (χ4n) is 1.15. The van der Waals surface area contributed by atoms with Gasteiger partial charge in [0.2, 0.25) is 11.8 Å². The summed E-state index contributed by atoms with van der Waals surface area (Å²) in [7, 11) is 0. The molecule has 1 aromatic carbocycles. The number of carbonyl (C=O) groups excluding carboxylic acids is 3. The minimum Gasteiger partial charge on any atom is -0.343 e. The zero-order valence-electron chi connectivity index (χ0n) is 10.2. The molecule has 0 radical (unpaired) electrons. The van der Waals surface area contributed by atoms with Crippen LogP contribution in [0.4, 0.5) is 5.69 Å². The van der Waals surface area contributed by atoms with Crippen LogP contribution in [-0.4, -0.2) is 29.5 Å². The van der Waals surface area contributed by atoms with Crippen LogP contribution < -0.4 is 16.1 Å². The first-order valence-electron chi connectivity index (χ1n) is 5.47. The van der Waals surface area contributed by atoms with Crippen molar-refractivity contribution < 1.29 is 19.6 Å². The molecule has 0 saturated carbocycles. The number of anilines is 1. The van der Waals surface area contributed by atoms with Crippen molar-refractivity contribution >= 4 is 35.0 Å². The second kappa shape index (κ2) is 7.93. The lowest BCUT2D eigenvalue weighted by molar-refractivity contribution is -0.130. The highest BCUT2D eigenvalue weighted by atomic mass is 35.5. The lowest BCUT2D eigenvalue weighted by atomic mass is 10.3. The number of para-hydroxylation sites is 1. The van der Waals surface area contributed by atoms with E-state index in [2.05, 4.69) is 10.6 Å². The average molecular weight is 298 g/mol. The Morgan fingerprint density at radius 2 is 1.80 bits per heavy atom. The highest BCUT2D eigenvalue weighted by Crippen LogP contribution is 2.20. The molecule has 0 saturated heterocycles. The van der Waals surface area contributed by atoms with E-state index in [0.29, 0.717) is 10.7 Å². The van der Waals surface area contributed by atoms with E-state index in [1.165, 1.54) is 5.48 Å². The Morgan fingerprint density at radius 1 is 1.15 bits per heavy atom. The first kappa shape index (κ1) is 15.7. The number of amides is 3. The number of hydrogen-bond acceptors (Lipinski definition) is 4. The number of hydrogen-bond donors (Lipinski definition) is 4. The van der Waals surface area contributed by atoms with E-state index in [0.717, 1.165) is 12.2 Å². The normalized spacial score (nSPS) is 10.1. The summed E-state index contributed by atoms with van der Waals surface area (Å²) in [6.07, 6.45) is 1.95. The summed E-state index contributed by atoms with van der Waals surface area (Å²) >= 11 is 5.85. The van der Waals surface area contributed by atoms with E-state index in [1.54, 1.807) is 24.3 Å². The van der Waals surface area contributed by atoms with Crippen molar-refractivity contribution in [1.82, 2.24) is 10.8 Å². The summed E-state index contributed by atoms with van der Waals surface area (Å²) in [4.78, 5) is 33.4. The van der Waals surface area contributed by atoms with Crippen LogP contribution in [0.3, 0.4) is 0 Å². The van der Waals surface area contributed by atoms with E-state index >= 15 is 0 Å². The summed E-state index contributed by atoms with van der Waals surface area (Å²) < 4.78 is 0. The van der Waals surface area contributed by atoms with Gasteiger partial charge in [0, 0.05) is 12.2 Å². The van der Waals surface area contributed by atoms with Gasteiger partial charge in [0.15, 0.2) is 0 Å². The Morgan fingerprint density at radius 3 is 2.45 bits per heavy atom. The predicted octanol–water partition coefficient (Wildman–Crippen LogP) is 0.456. The molecule has 0 aliphatic heterocycles. The molecule has 1 rings (SSSR count). The van der Waals surface area contributed by atoms with Gasteiger partial charge in [-0.05, 0) is 12.1 Å². The molecular formula is C12H12ClN3O4. The molecule has 0 unspecified atom stereocenters. The number of benzene rings is 1. The molecule has 0 aromatic heterocycles. The van der Waals surface area contributed by atoms with Crippen molar-refractivity contribution in [3.8, 4) is 0 Å². The standard InChI is InChI=1S/C12H12ClN3O4/c13-8-3-1-2-4-9(8)15-11(18)6-5-10(17)14-7-12(19)16-20/h1-6,20H,7H2,(H,14,17)(H,15,18)(H,16,19)/b6-5+. The van der Waals surface area contributed by atoms with Gasteiger partial charge in [0.25, 0.3) is 5.91 Å². The van der Waals surface area contributed by atoms with Gasteiger partial charge >= 0.3 is 0 Å². The van der Waals surface area contributed by atoms with E-state index < -0.39 is 24.3 Å². The molecule has 0 atom stereocenters. The number of rotatable bonds is 5. The van der Waals surface area contributed by atoms with Crippen LogP contribution in [0.25, 0.3) is 0 Å². The molecule has 0 aliphatic rings. The predicted molar refractivity (Wildman–Crippen MR) is 72.2 cm³/mol. The molecule has 7 nitrogen and oxygen atoms in total. The maximum Gasteiger partial charge on any atom is 0.262 e. The van der Waals surface area contributed by atoms with Crippen molar-refractivity contribution in [3.05, 3.63) is 41.4 Å². The van der Waals surface area contributed by atoms with Crippen molar-refractivity contribution in [2.24, 2.45) is 0 Å². The third kappa shape index (κ3) is 5.51. The van der Waals surface area contributed by atoms with E-state index in [4.69, 9.17) is 16.8 Å². The van der Waals surface area contributed by atoms with E-state index in [1.807, 2.05) is 0 Å². The molecule has 0 heterocycles. The van der Waals surface area contributed by atoms with Gasteiger partial charge in [-0.1, -0.05) is 23.7 Å². The van der Waals surface area contributed by atoms with Crippen molar-refractivity contribution in [2.45, 2.75) is 0 Å². The monoisotopic (exact) mass is 297 g/mol. The molecule has 20 heavy (non-hydrogen) atoms. The van der Waals surface area contributed by atoms with Gasteiger partial charge in [0.1, 0.15) is 0 Å². The van der Waals surface area contributed by atoms with Crippen molar-refractivity contribution in [3.63, 3.8) is 0 Å². The fourth-order valence-corrected chi connectivity index (χ4v) is 1.34. The first-order chi connectivity index (χ1) is 9.52. The molecule has 0 aliphatic carbocycles. The zero-order chi connectivity index (χ0) is 15.0. The van der Waals surface area contributed by atoms with Crippen LogP contribution in [0.5, 0.6) is 0 Å². The number of halogens is 1. The number of nitrogens with one attached hydrogen (secondary N) is 3. The Bertz CT molecular complexity index is 545. The lowest BCUT2D eigenvalue weighted by Crippen LogP contribution is -2.34. The van der Waals surface area contributed by atoms with Crippen molar-refractivity contribution in [1.29, 1.82) is 0 Å². The molecule has 0 fully saturated rings. The third-order valence-electron chi connectivity index (χ3n) is 2.07. The molecule has 0 bridgehead atoms. The smallest absolute Gasteiger partial charge is 0.262 e. The van der Waals surface area contributed by atoms with Crippen LogP contribution in [0, 0.1) is 0 Å². The van der Waals surface area contributed by atoms with Gasteiger partial charge in [-0.3, -0.25) is 19.6 Å². The topological polar surface area (TPSA) is 108 Å². The maximum absolute atomic E-state index is 11.5. The van der Waals surface area contributed by atoms with Crippen LogP contribution >= 0.6 is 11.6 Å². The second-order valence-electron chi connectivity index (χ2n) is 3.56. The summed E-state index contributed by atoms with van der Waals surface area (Å²) in [5.41, 5.74) is 1.77. The van der Waals surface area contributed by atoms with Crippen LogP contribution in [-0.2, 0) is 14.4 Å². The SMILES string of the molecule is O=C(/C=C/C(=O)Nc1ccccc1Cl)NCC(=O)NO. The minimum absolute atomic E-state index is 0.373. The Kier molecular flexibility index (Phi) is 6.21. The molecule has 3 amide bonds. The Labute approximate surface area is 119 Å². The van der Waals surface area contributed by atoms with Crippen molar-refractivity contribution in [2.75, 3.05) is 11.9 Å². The van der Waals surface area contributed by atoms with E-state index in [-0.39, 0.29) is 0 Å². The lowest BCUT2D eigenvalue weighted by Gasteiger charge is -2.03. The van der Waals surface area contributed by atoms with Gasteiger partial charge in [-0.25, -0.2) is 5.48 Å². The summed E-state index contributed by atoms with van der Waals surface area (Å²) in [5, 5.41) is 13.2. The third-order valence-corrected chi connectivity index (χ3v) is 2.40. The average Bonchev–Trinajstić information content (AvgIpc) is 2.45. The van der Waals surface area contributed by atoms with E-state index in [9.17, 15) is 14.4 Å². The maximum atomic E-state index is 11.5. The molecule has 106 valence electrons. The Balaban J connectivity index is 2.46. The number of carbonyl (C=O) groups is 3. The largest absolute Gasteiger partial charge is 0.343 e. The first-order valence-corrected chi connectivity index (χ1v) is 5.85. The summed E-state index contributed by atoms with van der Waals surface area (Å²) in [5.74, 6) is -1.96. The highest BCUT2D eigenvalue weighted by molar-refractivity contribution is 6.33. The highest BCUT2D eigenvalue weighted by Gasteiger charge is 2.04. The van der Waals surface area contributed by atoms with Gasteiger partial charge < -0.3 is 10.6 Å². The van der Waals surface area contributed by atoms with Gasteiger partial charge in [0.05, 0.1) is 17.3 Å². The molecule has 8 heteroatoms. The van der Waals surface area contributed by atoms with Crippen LogP contribution in [0.1, 0.15) is 0 Å². The van der Waals surface area contributed by atoms with Gasteiger partial charge in [-0.15, -0.1) is 0 Å². The molecule has 4 N–H and O–H groups in total. The van der Waals surface area contributed by atoms with Crippen LogP contribution in [0.15, 0.2) is 36.4 Å². The zero-order valence-corrected chi connectivity index (χ0v) is 11.0. The number of hydroxylamine groups is 1. The Hall–Kier alpha value is -2.38. The second-order valence-corrected chi connectivity index (χ2v) is 3.96. The molecule has 1 aromatic rings. The molecular weight excluding hydrogens is 286 g/mol. The van der Waals surface area contributed by atoms with Gasteiger partial charge in [-0.2, -0.15) is 0 Å². The summed E-state index contributed by atoms with van der Waals surface area (Å²) in [6.45, 7) is -0.397.